The second kappa shape index (κ2) is 10.5. The summed E-state index contributed by atoms with van der Waals surface area (Å²) in [7, 11) is 1.56. The van der Waals surface area contributed by atoms with Gasteiger partial charge in [0.2, 0.25) is 0 Å². The van der Waals surface area contributed by atoms with Crippen LogP contribution < -0.4 is 9.47 Å². The first-order valence-electron chi connectivity index (χ1n) is 10.3. The van der Waals surface area contributed by atoms with Crippen LogP contribution in [0.5, 0.6) is 11.5 Å². The molecule has 4 aromatic rings. The molecule has 0 atom stereocenters. The van der Waals surface area contributed by atoms with Crippen molar-refractivity contribution in [2.75, 3.05) is 7.11 Å². The van der Waals surface area contributed by atoms with Crippen molar-refractivity contribution in [3.05, 3.63) is 106 Å². The number of benzene rings is 4. The van der Waals surface area contributed by atoms with Crippen molar-refractivity contribution in [1.29, 1.82) is 5.26 Å². The van der Waals surface area contributed by atoms with Gasteiger partial charge in [-0.15, -0.1) is 0 Å². The van der Waals surface area contributed by atoms with Crippen LogP contribution in [0.4, 0.5) is 0 Å². The van der Waals surface area contributed by atoms with Crippen LogP contribution in [0, 0.1) is 11.3 Å². The number of hydrogen-bond acceptors (Lipinski definition) is 5. The van der Waals surface area contributed by atoms with Crippen molar-refractivity contribution in [2.24, 2.45) is 5.16 Å². The van der Waals surface area contributed by atoms with Gasteiger partial charge in [0.15, 0.2) is 11.5 Å². The molecule has 0 amide bonds. The predicted molar refractivity (Wildman–Crippen MR) is 130 cm³/mol. The molecule has 0 heterocycles. The monoisotopic (exact) mass is 456 g/mol. The Hall–Kier alpha value is -4.01. The van der Waals surface area contributed by atoms with Crippen molar-refractivity contribution >= 4 is 28.6 Å². The van der Waals surface area contributed by atoms with Crippen molar-refractivity contribution in [3.8, 4) is 17.6 Å². The molecule has 4 rings (SSSR count). The molecule has 0 aromatic heterocycles. The number of nitriles is 1. The number of oxime groups is 1. The van der Waals surface area contributed by atoms with E-state index in [0.717, 1.165) is 21.9 Å². The first kappa shape index (κ1) is 22.2. The molecule has 164 valence electrons. The lowest BCUT2D eigenvalue weighted by molar-refractivity contribution is 0.132. The molecule has 0 N–H and O–H groups in total. The molecule has 0 aliphatic rings. The van der Waals surface area contributed by atoms with Gasteiger partial charge in [-0.1, -0.05) is 77.4 Å². The van der Waals surface area contributed by atoms with Crippen LogP contribution in [-0.4, -0.2) is 13.3 Å². The summed E-state index contributed by atoms with van der Waals surface area (Å²) in [6, 6.07) is 27.2. The summed E-state index contributed by atoms with van der Waals surface area (Å²) in [4.78, 5) is 5.36. The smallest absolute Gasteiger partial charge is 0.180 e. The van der Waals surface area contributed by atoms with Gasteiger partial charge < -0.3 is 14.3 Å². The zero-order valence-corrected chi connectivity index (χ0v) is 18.8. The molecule has 0 aliphatic carbocycles. The Labute approximate surface area is 197 Å². The molecule has 0 unspecified atom stereocenters. The van der Waals surface area contributed by atoms with Crippen LogP contribution in [0.1, 0.15) is 22.3 Å². The van der Waals surface area contributed by atoms with Gasteiger partial charge in [0.25, 0.3) is 0 Å². The molecular formula is C27H21ClN2O3. The molecule has 6 heteroatoms. The molecule has 0 spiro atoms. The van der Waals surface area contributed by atoms with Gasteiger partial charge in [-0.3, -0.25) is 0 Å². The topological polar surface area (TPSA) is 63.8 Å². The van der Waals surface area contributed by atoms with E-state index < -0.39 is 0 Å². The van der Waals surface area contributed by atoms with Crippen molar-refractivity contribution < 1.29 is 14.3 Å². The zero-order valence-electron chi connectivity index (χ0n) is 18.0. The van der Waals surface area contributed by atoms with Crippen LogP contribution in [0.2, 0.25) is 5.02 Å². The lowest BCUT2D eigenvalue weighted by Crippen LogP contribution is -2.00. The predicted octanol–water partition coefficient (Wildman–Crippen LogP) is 6.50. The summed E-state index contributed by atoms with van der Waals surface area (Å²) in [5.41, 5.74) is 3.08. The fraction of sp³-hybridized carbons (Fsp3) is 0.111. The summed E-state index contributed by atoms with van der Waals surface area (Å²) in [6.07, 6.45) is 1.54. The summed E-state index contributed by atoms with van der Waals surface area (Å²) in [5, 5.41) is 15.8. The number of halogens is 1. The number of nitrogens with zero attached hydrogens (tertiary/aromatic N) is 2. The molecule has 0 saturated carbocycles. The summed E-state index contributed by atoms with van der Waals surface area (Å²) >= 11 is 6.50. The van der Waals surface area contributed by atoms with Gasteiger partial charge in [-0.2, -0.15) is 5.26 Å². The third-order valence-corrected chi connectivity index (χ3v) is 5.42. The number of hydrogen-bond donors (Lipinski definition) is 0. The average Bonchev–Trinajstić information content (AvgIpc) is 2.86. The van der Waals surface area contributed by atoms with Crippen LogP contribution >= 0.6 is 11.6 Å². The van der Waals surface area contributed by atoms with Gasteiger partial charge in [0.1, 0.15) is 13.2 Å². The molecule has 4 aromatic carbocycles. The highest BCUT2D eigenvalue weighted by atomic mass is 35.5. The maximum Gasteiger partial charge on any atom is 0.180 e. The number of methoxy groups -OCH3 is 1. The molecular weight excluding hydrogens is 436 g/mol. The fourth-order valence-corrected chi connectivity index (χ4v) is 3.76. The van der Waals surface area contributed by atoms with Crippen molar-refractivity contribution in [2.45, 2.75) is 13.2 Å². The van der Waals surface area contributed by atoms with E-state index in [4.69, 9.17) is 31.2 Å². The van der Waals surface area contributed by atoms with E-state index in [9.17, 15) is 0 Å². The molecule has 0 bridgehead atoms. The van der Waals surface area contributed by atoms with E-state index in [1.54, 1.807) is 25.3 Å². The molecule has 0 saturated heterocycles. The van der Waals surface area contributed by atoms with E-state index in [1.807, 2.05) is 42.5 Å². The normalized spacial score (nSPS) is 10.8. The van der Waals surface area contributed by atoms with Gasteiger partial charge >= 0.3 is 0 Å². The van der Waals surface area contributed by atoms with Crippen LogP contribution in [0.25, 0.3) is 10.8 Å². The standard InChI is InChI=1S/C27H21ClN2O3/c1-31-26-14-19(16-30-33-18-22-9-3-2-8-21(22)15-29)13-25(28)27(26)32-17-23-11-6-10-20-7-4-5-12-24(20)23/h2-14,16H,17-18H2,1H3/b30-16-. The van der Waals surface area contributed by atoms with Crippen LogP contribution in [0.15, 0.2) is 84.0 Å². The molecule has 0 fully saturated rings. The first-order valence-corrected chi connectivity index (χ1v) is 10.7. The Morgan fingerprint density at radius 3 is 2.55 bits per heavy atom. The Balaban J connectivity index is 1.46. The van der Waals surface area contributed by atoms with Crippen LogP contribution in [0.3, 0.4) is 0 Å². The zero-order chi connectivity index (χ0) is 23.0. The highest BCUT2D eigenvalue weighted by molar-refractivity contribution is 6.32. The number of rotatable bonds is 8. The highest BCUT2D eigenvalue weighted by Gasteiger charge is 2.13. The molecule has 0 aliphatic heterocycles. The second-order valence-electron chi connectivity index (χ2n) is 7.24. The Kier molecular flexibility index (Phi) is 7.09. The van der Waals surface area contributed by atoms with Gasteiger partial charge in [0, 0.05) is 11.1 Å². The summed E-state index contributed by atoms with van der Waals surface area (Å²) < 4.78 is 11.6. The Bertz CT molecular complexity index is 1340. The maximum absolute atomic E-state index is 9.15. The molecule has 33 heavy (non-hydrogen) atoms. The lowest BCUT2D eigenvalue weighted by atomic mass is 10.1. The Morgan fingerprint density at radius 1 is 0.939 bits per heavy atom. The first-order chi connectivity index (χ1) is 16.2. The minimum absolute atomic E-state index is 0.192. The largest absolute Gasteiger partial charge is 0.493 e. The van der Waals surface area contributed by atoms with E-state index in [1.165, 1.54) is 6.21 Å². The number of fused-ring (bicyclic) bond motifs is 1. The van der Waals surface area contributed by atoms with E-state index in [2.05, 4.69) is 29.4 Å². The van der Waals surface area contributed by atoms with E-state index in [-0.39, 0.29) is 6.61 Å². The van der Waals surface area contributed by atoms with Crippen LogP contribution in [-0.2, 0) is 18.1 Å². The average molecular weight is 457 g/mol. The van der Waals surface area contributed by atoms with Gasteiger partial charge in [-0.25, -0.2) is 0 Å². The van der Waals surface area contributed by atoms with Gasteiger partial charge in [-0.05, 0) is 34.5 Å². The third kappa shape index (κ3) is 5.25. The van der Waals surface area contributed by atoms with Crippen molar-refractivity contribution in [3.63, 3.8) is 0 Å². The van der Waals surface area contributed by atoms with Gasteiger partial charge in [0.05, 0.1) is 30.0 Å². The molecule has 0 radical (unpaired) electrons. The van der Waals surface area contributed by atoms with E-state index in [0.29, 0.717) is 34.3 Å². The third-order valence-electron chi connectivity index (χ3n) is 5.14. The second-order valence-corrected chi connectivity index (χ2v) is 7.65. The lowest BCUT2D eigenvalue weighted by Gasteiger charge is -2.14. The minimum Gasteiger partial charge on any atom is -0.493 e. The fourth-order valence-electron chi connectivity index (χ4n) is 3.48. The Morgan fingerprint density at radius 2 is 1.70 bits per heavy atom. The maximum atomic E-state index is 9.15. The summed E-state index contributed by atoms with van der Waals surface area (Å²) in [6.45, 7) is 0.545. The summed E-state index contributed by atoms with van der Waals surface area (Å²) in [5.74, 6) is 0.965. The van der Waals surface area contributed by atoms with Crippen molar-refractivity contribution in [1.82, 2.24) is 0 Å². The number of ether oxygens (including phenoxy) is 2. The minimum atomic E-state index is 0.192. The SMILES string of the molecule is COc1cc(/C=N\OCc2ccccc2C#N)cc(Cl)c1OCc1cccc2ccccc12. The quantitative estimate of drug-likeness (QED) is 0.224. The molecule has 5 nitrogen and oxygen atoms in total. The highest BCUT2D eigenvalue weighted by Crippen LogP contribution is 2.37. The van der Waals surface area contributed by atoms with E-state index >= 15 is 0 Å².